The average Bonchev–Trinajstić information content (AvgIpc) is 2.53. The van der Waals surface area contributed by atoms with Gasteiger partial charge in [0.1, 0.15) is 5.75 Å². The summed E-state index contributed by atoms with van der Waals surface area (Å²) in [6.45, 7) is 8.52. The van der Waals surface area contributed by atoms with E-state index in [1.165, 1.54) is 6.92 Å². The molecule has 2 aromatic rings. The summed E-state index contributed by atoms with van der Waals surface area (Å²) in [5.41, 5.74) is 3.40. The second-order valence-electron chi connectivity index (χ2n) is 6.27. The van der Waals surface area contributed by atoms with Gasteiger partial charge in [0, 0.05) is 6.92 Å². The lowest BCUT2D eigenvalue weighted by Gasteiger charge is -2.13. The van der Waals surface area contributed by atoms with Gasteiger partial charge in [-0.1, -0.05) is 50.2 Å². The maximum Gasteiger partial charge on any atom is 0.217 e. The molecule has 0 aliphatic heterocycles. The highest BCUT2D eigenvalue weighted by Crippen LogP contribution is 2.24. The fourth-order valence-corrected chi connectivity index (χ4v) is 2.36. The Morgan fingerprint density at radius 1 is 0.957 bits per heavy atom. The zero-order valence-electron chi connectivity index (χ0n) is 14.3. The normalized spacial score (nSPS) is 12.0. The third-order valence-corrected chi connectivity index (χ3v) is 3.60. The first-order chi connectivity index (χ1) is 11.0. The predicted octanol–water partition coefficient (Wildman–Crippen LogP) is 4.59. The molecule has 0 heterocycles. The molecule has 2 aromatic carbocycles. The minimum Gasteiger partial charge on any atom is -0.493 e. The van der Waals surface area contributed by atoms with E-state index in [0.29, 0.717) is 5.92 Å². The zero-order chi connectivity index (χ0) is 16.8. The highest BCUT2D eigenvalue weighted by molar-refractivity contribution is 5.73. The fraction of sp³-hybridized carbons (Fsp3) is 0.350. The molecule has 3 heteroatoms. The number of nitrogens with one attached hydrogen (secondary N) is 1. The Labute approximate surface area is 138 Å². The van der Waals surface area contributed by atoms with E-state index in [-0.39, 0.29) is 11.9 Å². The Kier molecular flexibility index (Phi) is 5.80. The molecule has 1 amide bonds. The maximum atomic E-state index is 11.1. The molecular formula is C20H25NO2. The molecule has 122 valence electrons. The number of ether oxygens (including phenoxy) is 1. The first-order valence-corrected chi connectivity index (χ1v) is 8.06. The largest absolute Gasteiger partial charge is 0.493 e. The third-order valence-electron chi connectivity index (χ3n) is 3.60. The van der Waals surface area contributed by atoms with Crippen LogP contribution >= 0.6 is 0 Å². The zero-order valence-corrected chi connectivity index (χ0v) is 14.3. The molecule has 3 nitrogen and oxygen atoms in total. The van der Waals surface area contributed by atoms with Crippen molar-refractivity contribution in [2.75, 3.05) is 6.61 Å². The molecule has 0 saturated carbocycles. The summed E-state index contributed by atoms with van der Waals surface area (Å²) in [7, 11) is 0. The van der Waals surface area contributed by atoms with Crippen LogP contribution < -0.4 is 10.1 Å². The van der Waals surface area contributed by atoms with Crippen LogP contribution in [0.25, 0.3) is 11.1 Å². The van der Waals surface area contributed by atoms with E-state index in [2.05, 4.69) is 55.6 Å². The molecule has 0 radical (unpaired) electrons. The van der Waals surface area contributed by atoms with Crippen molar-refractivity contribution in [3.63, 3.8) is 0 Å². The molecule has 0 saturated heterocycles. The molecule has 1 atom stereocenters. The van der Waals surface area contributed by atoms with Crippen molar-refractivity contribution in [3.8, 4) is 16.9 Å². The summed E-state index contributed by atoms with van der Waals surface area (Å²) >= 11 is 0. The third kappa shape index (κ3) is 5.13. The maximum absolute atomic E-state index is 11.1. The van der Waals surface area contributed by atoms with E-state index in [9.17, 15) is 4.79 Å². The van der Waals surface area contributed by atoms with E-state index in [4.69, 9.17) is 4.74 Å². The molecule has 2 rings (SSSR count). The molecule has 0 bridgehead atoms. The SMILES string of the molecule is CC(=O)N[C@@H](C)c1ccc(-c2ccc(OCC(C)C)cc2)cc1. The van der Waals surface area contributed by atoms with Crippen LogP contribution in [0.2, 0.25) is 0 Å². The number of carbonyl (C=O) groups excluding carboxylic acids is 1. The summed E-state index contributed by atoms with van der Waals surface area (Å²) < 4.78 is 5.71. The van der Waals surface area contributed by atoms with Crippen molar-refractivity contribution in [3.05, 3.63) is 54.1 Å². The molecule has 0 unspecified atom stereocenters. The van der Waals surface area contributed by atoms with E-state index < -0.39 is 0 Å². The first kappa shape index (κ1) is 17.1. The van der Waals surface area contributed by atoms with Gasteiger partial charge in [-0.05, 0) is 41.7 Å². The molecule has 1 N–H and O–H groups in total. The van der Waals surface area contributed by atoms with Crippen LogP contribution in [-0.2, 0) is 4.79 Å². The van der Waals surface area contributed by atoms with Crippen molar-refractivity contribution >= 4 is 5.91 Å². The Hall–Kier alpha value is -2.29. The monoisotopic (exact) mass is 311 g/mol. The first-order valence-electron chi connectivity index (χ1n) is 8.06. The molecule has 0 aromatic heterocycles. The van der Waals surface area contributed by atoms with E-state index in [0.717, 1.165) is 29.0 Å². The Bertz CT molecular complexity index is 630. The fourth-order valence-electron chi connectivity index (χ4n) is 2.36. The van der Waals surface area contributed by atoms with Crippen LogP contribution in [-0.4, -0.2) is 12.5 Å². The number of rotatable bonds is 6. The number of carbonyl (C=O) groups is 1. The van der Waals surface area contributed by atoms with Crippen LogP contribution in [0, 0.1) is 5.92 Å². The lowest BCUT2D eigenvalue weighted by atomic mass is 10.0. The predicted molar refractivity (Wildman–Crippen MR) is 94.4 cm³/mol. The van der Waals surface area contributed by atoms with Crippen molar-refractivity contribution in [1.29, 1.82) is 0 Å². The summed E-state index contributed by atoms with van der Waals surface area (Å²) in [4.78, 5) is 11.1. The molecular weight excluding hydrogens is 286 g/mol. The Balaban J connectivity index is 2.05. The van der Waals surface area contributed by atoms with Gasteiger partial charge in [-0.3, -0.25) is 4.79 Å². The highest BCUT2D eigenvalue weighted by Gasteiger charge is 2.07. The topological polar surface area (TPSA) is 38.3 Å². The Morgan fingerprint density at radius 3 is 1.96 bits per heavy atom. The van der Waals surface area contributed by atoms with Crippen LogP contribution in [0.5, 0.6) is 5.75 Å². The summed E-state index contributed by atoms with van der Waals surface area (Å²) in [5.74, 6) is 1.41. The van der Waals surface area contributed by atoms with Gasteiger partial charge in [0.2, 0.25) is 5.91 Å². The lowest BCUT2D eigenvalue weighted by Crippen LogP contribution is -2.23. The van der Waals surface area contributed by atoms with Crippen LogP contribution in [0.4, 0.5) is 0 Å². The van der Waals surface area contributed by atoms with E-state index in [1.54, 1.807) is 0 Å². The quantitative estimate of drug-likeness (QED) is 0.847. The molecule has 0 aliphatic rings. The summed E-state index contributed by atoms with van der Waals surface area (Å²) in [5, 5.41) is 2.89. The van der Waals surface area contributed by atoms with Crippen molar-refractivity contribution in [2.45, 2.75) is 33.7 Å². The van der Waals surface area contributed by atoms with Gasteiger partial charge in [-0.25, -0.2) is 0 Å². The van der Waals surface area contributed by atoms with Crippen LogP contribution in [0.15, 0.2) is 48.5 Å². The number of amides is 1. The average molecular weight is 311 g/mol. The number of hydrogen-bond donors (Lipinski definition) is 1. The van der Waals surface area contributed by atoms with Crippen molar-refractivity contribution in [1.82, 2.24) is 5.32 Å². The van der Waals surface area contributed by atoms with Crippen molar-refractivity contribution < 1.29 is 9.53 Å². The number of benzene rings is 2. The van der Waals surface area contributed by atoms with E-state index in [1.807, 2.05) is 19.1 Å². The van der Waals surface area contributed by atoms with Crippen molar-refractivity contribution in [2.24, 2.45) is 5.92 Å². The standard InChI is InChI=1S/C20H25NO2/c1-14(2)13-23-20-11-9-19(10-12-20)18-7-5-17(6-8-18)15(3)21-16(4)22/h5-12,14-15H,13H2,1-4H3,(H,21,22)/t15-/m0/s1. The molecule has 23 heavy (non-hydrogen) atoms. The van der Waals surface area contributed by atoms with Gasteiger partial charge in [0.05, 0.1) is 12.6 Å². The van der Waals surface area contributed by atoms with E-state index >= 15 is 0 Å². The second-order valence-corrected chi connectivity index (χ2v) is 6.27. The Morgan fingerprint density at radius 2 is 1.48 bits per heavy atom. The van der Waals surface area contributed by atoms with Gasteiger partial charge < -0.3 is 10.1 Å². The molecule has 0 spiro atoms. The second kappa shape index (κ2) is 7.82. The highest BCUT2D eigenvalue weighted by atomic mass is 16.5. The molecule has 0 fully saturated rings. The lowest BCUT2D eigenvalue weighted by molar-refractivity contribution is -0.119. The van der Waals surface area contributed by atoms with Crippen LogP contribution in [0.1, 0.15) is 39.3 Å². The number of hydrogen-bond acceptors (Lipinski definition) is 2. The summed E-state index contributed by atoms with van der Waals surface area (Å²) in [6.07, 6.45) is 0. The van der Waals surface area contributed by atoms with Gasteiger partial charge in [0.25, 0.3) is 0 Å². The minimum atomic E-state index is -0.0152. The van der Waals surface area contributed by atoms with Gasteiger partial charge in [0.15, 0.2) is 0 Å². The van der Waals surface area contributed by atoms with Gasteiger partial charge in [-0.2, -0.15) is 0 Å². The molecule has 0 aliphatic carbocycles. The van der Waals surface area contributed by atoms with Crippen LogP contribution in [0.3, 0.4) is 0 Å². The summed E-state index contributed by atoms with van der Waals surface area (Å²) in [6, 6.07) is 16.4. The van der Waals surface area contributed by atoms with Gasteiger partial charge >= 0.3 is 0 Å². The smallest absolute Gasteiger partial charge is 0.217 e. The minimum absolute atomic E-state index is 0.0152. The van der Waals surface area contributed by atoms with Gasteiger partial charge in [-0.15, -0.1) is 0 Å².